The number of hydrogen-bond donors (Lipinski definition) is 1. The van der Waals surface area contributed by atoms with E-state index in [1.165, 1.54) is 0 Å². The molecule has 0 spiro atoms. The van der Waals surface area contributed by atoms with Crippen LogP contribution in [0.2, 0.25) is 0 Å². The van der Waals surface area contributed by atoms with Gasteiger partial charge in [0.15, 0.2) is 0 Å². The molecule has 0 aromatic carbocycles. The predicted octanol–water partition coefficient (Wildman–Crippen LogP) is 5.92. The van der Waals surface area contributed by atoms with Gasteiger partial charge >= 0.3 is 6.09 Å². The number of carbonyl (C=O) groups excluding carboxylic acids is 3. The Labute approximate surface area is 213 Å². The van der Waals surface area contributed by atoms with Gasteiger partial charge in [0.25, 0.3) is 0 Å². The van der Waals surface area contributed by atoms with Gasteiger partial charge in [-0.15, -0.1) is 0 Å². The molecular formula is C29H48N2O4. The van der Waals surface area contributed by atoms with Crippen LogP contribution in [-0.4, -0.2) is 47.4 Å². The minimum atomic E-state index is -0.664. The number of Topliss-reactive ketones (excluding diaryl/α,β-unsaturated/α-hetero) is 1. The number of ketones is 1. The Bertz CT molecular complexity index is 892. The lowest BCUT2D eigenvalue weighted by Gasteiger charge is -2.36. The van der Waals surface area contributed by atoms with Crippen LogP contribution in [0.5, 0.6) is 0 Å². The molecule has 3 aliphatic rings. The second kappa shape index (κ2) is 10.1. The van der Waals surface area contributed by atoms with Crippen molar-refractivity contribution in [2.75, 3.05) is 7.05 Å². The second-order valence-corrected chi connectivity index (χ2v) is 12.6. The third-order valence-electron chi connectivity index (χ3n) is 8.25. The average Bonchev–Trinajstić information content (AvgIpc) is 3.64. The first kappa shape index (κ1) is 27.5. The number of nitrogens with one attached hydrogen (secondary N) is 1. The van der Waals surface area contributed by atoms with Crippen LogP contribution >= 0.6 is 0 Å². The third kappa shape index (κ3) is 6.18. The Morgan fingerprint density at radius 2 is 1.89 bits per heavy atom. The molecule has 2 saturated carbocycles. The van der Waals surface area contributed by atoms with E-state index in [9.17, 15) is 14.4 Å². The number of likely N-dealkylation sites (N-methyl/N-ethyl adjacent to an activating group) is 1. The highest BCUT2D eigenvalue weighted by Gasteiger charge is 2.60. The maximum atomic E-state index is 13.9. The lowest BCUT2D eigenvalue weighted by Crippen LogP contribution is -2.53. The normalized spacial score (nSPS) is 30.3. The van der Waals surface area contributed by atoms with Crippen molar-refractivity contribution in [2.24, 2.45) is 28.6 Å². The van der Waals surface area contributed by atoms with Crippen molar-refractivity contribution >= 4 is 17.8 Å². The number of rotatable bonds is 11. The third-order valence-corrected chi connectivity index (χ3v) is 8.25. The summed E-state index contributed by atoms with van der Waals surface area (Å²) in [4.78, 5) is 41.1. The minimum absolute atomic E-state index is 0. The van der Waals surface area contributed by atoms with Crippen LogP contribution in [0, 0.1) is 28.6 Å². The van der Waals surface area contributed by atoms with E-state index >= 15 is 0 Å². The predicted molar refractivity (Wildman–Crippen MR) is 141 cm³/mol. The Morgan fingerprint density at radius 1 is 1.20 bits per heavy atom. The van der Waals surface area contributed by atoms with E-state index in [4.69, 9.17) is 4.74 Å². The number of nitrogens with zero attached hydrogens (tertiary/aromatic N) is 1. The number of carbonyl (C=O) groups is 3. The van der Waals surface area contributed by atoms with Crippen LogP contribution in [0.4, 0.5) is 4.79 Å². The van der Waals surface area contributed by atoms with Crippen LogP contribution < -0.4 is 5.32 Å². The van der Waals surface area contributed by atoms with E-state index in [1.54, 1.807) is 4.90 Å². The van der Waals surface area contributed by atoms with Crippen LogP contribution in [-0.2, 0) is 14.3 Å². The Morgan fingerprint density at radius 3 is 2.46 bits per heavy atom. The van der Waals surface area contributed by atoms with Crippen LogP contribution in [0.15, 0.2) is 24.3 Å². The highest BCUT2D eigenvalue weighted by atomic mass is 16.6. The fourth-order valence-corrected chi connectivity index (χ4v) is 6.04. The zero-order valence-corrected chi connectivity index (χ0v) is 23.0. The minimum Gasteiger partial charge on any atom is -0.444 e. The first-order valence-electron chi connectivity index (χ1n) is 13.4. The van der Waals surface area contributed by atoms with Gasteiger partial charge in [0.2, 0.25) is 5.91 Å². The van der Waals surface area contributed by atoms with E-state index in [0.717, 1.165) is 25.7 Å². The molecule has 6 atom stereocenters. The number of alkyl carbamates (subject to hydrolysis) is 1. The van der Waals surface area contributed by atoms with Gasteiger partial charge in [0.1, 0.15) is 17.4 Å². The summed E-state index contributed by atoms with van der Waals surface area (Å²) >= 11 is 0. The van der Waals surface area contributed by atoms with Gasteiger partial charge in [-0.25, -0.2) is 4.79 Å². The molecule has 3 aliphatic carbocycles. The van der Waals surface area contributed by atoms with Gasteiger partial charge in [-0.05, 0) is 76.0 Å². The quantitative estimate of drug-likeness (QED) is 0.392. The lowest BCUT2D eigenvalue weighted by molar-refractivity contribution is -0.137. The van der Waals surface area contributed by atoms with Crippen LogP contribution in [0.1, 0.15) is 88.4 Å². The molecule has 1 N–H and O–H groups in total. The van der Waals surface area contributed by atoms with E-state index in [-0.39, 0.29) is 36.0 Å². The van der Waals surface area contributed by atoms with Crippen molar-refractivity contribution in [1.29, 1.82) is 0 Å². The molecule has 3 rings (SSSR count). The summed E-state index contributed by atoms with van der Waals surface area (Å²) in [5, 5.41) is 2.89. The highest BCUT2D eigenvalue weighted by molar-refractivity contribution is 5.89. The molecule has 0 aromatic rings. The summed E-state index contributed by atoms with van der Waals surface area (Å²) in [5.41, 5.74) is -0.885. The largest absolute Gasteiger partial charge is 0.444 e. The van der Waals surface area contributed by atoms with Crippen LogP contribution in [0.3, 0.4) is 0 Å². The topological polar surface area (TPSA) is 75.7 Å². The van der Waals surface area contributed by atoms with E-state index < -0.39 is 17.7 Å². The Hall–Kier alpha value is -2.11. The molecule has 0 aromatic heterocycles. The highest BCUT2D eigenvalue weighted by Crippen LogP contribution is 2.60. The molecular weight excluding hydrogens is 440 g/mol. The average molecular weight is 489 g/mol. The van der Waals surface area contributed by atoms with Crippen molar-refractivity contribution in [3.05, 3.63) is 24.3 Å². The van der Waals surface area contributed by atoms with Crippen LogP contribution in [0.25, 0.3) is 0 Å². The molecule has 0 saturated heterocycles. The van der Waals surface area contributed by atoms with Gasteiger partial charge < -0.3 is 15.0 Å². The molecule has 198 valence electrons. The molecule has 6 nitrogen and oxygen atoms in total. The van der Waals surface area contributed by atoms with Gasteiger partial charge in [-0.3, -0.25) is 9.59 Å². The summed E-state index contributed by atoms with van der Waals surface area (Å²) in [6.07, 6.45) is 12.8. The van der Waals surface area contributed by atoms with E-state index in [2.05, 4.69) is 50.4 Å². The van der Waals surface area contributed by atoms with Gasteiger partial charge in [0.05, 0.1) is 0 Å². The van der Waals surface area contributed by atoms with E-state index in [1.807, 2.05) is 34.7 Å². The molecule has 2 amide bonds. The molecule has 0 heterocycles. The maximum Gasteiger partial charge on any atom is 0.408 e. The lowest BCUT2D eigenvalue weighted by atomic mass is 9.88. The zero-order chi connectivity index (χ0) is 26.2. The Kier molecular flexibility index (Phi) is 7.93. The monoisotopic (exact) mass is 488 g/mol. The fraction of sp³-hybridized carbons (Fsp3) is 0.759. The summed E-state index contributed by atoms with van der Waals surface area (Å²) in [5.74, 6) is 1.08. The Balaban J connectivity index is 0.00000456. The van der Waals surface area contributed by atoms with Crippen molar-refractivity contribution in [3.63, 3.8) is 0 Å². The summed E-state index contributed by atoms with van der Waals surface area (Å²) < 4.78 is 5.49. The van der Waals surface area contributed by atoms with Gasteiger partial charge in [0, 0.05) is 26.4 Å². The standard InChI is InChI=1S/C29H46N2O4.H2/c1-9-12-23(32)28(7)18-21(28)24(19(2)3)31(8)25(33)22(30-26(34)35-27(4,5)6)14-16-29-15-11-10-13-20(29)17-29;/h10-11,13,15,19-22,24H,9,12,14,16-18H2,1-8H3,(H,30,34);1H/t20?,21?,22-,24-,28?,29?;/m0./s1. The number of ether oxygens (including phenoxy) is 1. The summed E-state index contributed by atoms with van der Waals surface area (Å²) in [7, 11) is 1.83. The number of amides is 2. The molecule has 0 aliphatic heterocycles. The van der Waals surface area contributed by atoms with Crippen molar-refractivity contribution in [3.8, 4) is 0 Å². The first-order chi connectivity index (χ1) is 16.2. The molecule has 6 heteroatoms. The molecule has 0 bridgehead atoms. The maximum absolute atomic E-state index is 13.9. The zero-order valence-electron chi connectivity index (χ0n) is 23.0. The molecule has 35 heavy (non-hydrogen) atoms. The summed E-state index contributed by atoms with van der Waals surface area (Å²) in [6, 6.07) is -0.719. The smallest absolute Gasteiger partial charge is 0.408 e. The van der Waals surface area contributed by atoms with Crippen molar-refractivity contribution in [2.45, 2.75) is 105 Å². The number of allylic oxidation sites excluding steroid dienone is 4. The van der Waals surface area contributed by atoms with Gasteiger partial charge in [-0.1, -0.05) is 52.0 Å². The van der Waals surface area contributed by atoms with Crippen molar-refractivity contribution < 1.29 is 20.5 Å². The number of fused-ring (bicyclic) bond motifs is 1. The molecule has 0 radical (unpaired) electrons. The molecule has 2 fully saturated rings. The van der Waals surface area contributed by atoms with Gasteiger partial charge in [-0.2, -0.15) is 0 Å². The summed E-state index contributed by atoms with van der Waals surface area (Å²) in [6.45, 7) is 13.8. The number of hydrogen-bond acceptors (Lipinski definition) is 4. The second-order valence-electron chi connectivity index (χ2n) is 12.6. The van der Waals surface area contributed by atoms with E-state index in [0.29, 0.717) is 24.5 Å². The first-order valence-corrected chi connectivity index (χ1v) is 13.4. The molecule has 4 unspecified atom stereocenters. The van der Waals surface area contributed by atoms with Crippen molar-refractivity contribution in [1.82, 2.24) is 10.2 Å². The SMILES string of the molecule is CCCC(=O)C1(C)CC1[C@H](C(C)C)N(C)C(=O)[C@H](CCC12C=CC=CC1C2)NC(=O)OC(C)(C)C.[HH]. The fourth-order valence-electron chi connectivity index (χ4n) is 6.04.